The van der Waals surface area contributed by atoms with Crippen molar-refractivity contribution < 1.29 is 14.5 Å². The van der Waals surface area contributed by atoms with Crippen molar-refractivity contribution in [1.82, 2.24) is 20.0 Å². The lowest BCUT2D eigenvalue weighted by Gasteiger charge is -2.46. The van der Waals surface area contributed by atoms with Crippen molar-refractivity contribution in [3.63, 3.8) is 0 Å². The summed E-state index contributed by atoms with van der Waals surface area (Å²) in [6, 6.07) is 20.2. The lowest BCUT2D eigenvalue weighted by atomic mass is 9.98. The first-order valence-electron chi connectivity index (χ1n) is 12.2. The van der Waals surface area contributed by atoms with Crippen molar-refractivity contribution in [2.24, 2.45) is 0 Å². The molecular formula is C26H35N5O4. The Balaban J connectivity index is 1.47. The molecule has 0 spiro atoms. The highest BCUT2D eigenvalue weighted by atomic mass is 16.6. The van der Waals surface area contributed by atoms with Crippen molar-refractivity contribution in [2.75, 3.05) is 45.8 Å². The maximum absolute atomic E-state index is 12.6. The number of amides is 1. The number of benzene rings is 2. The number of carbonyl (C=O) groups is 1. The molecule has 2 fully saturated rings. The fraction of sp³-hybridized carbons (Fsp3) is 0.500. The van der Waals surface area contributed by atoms with Crippen molar-refractivity contribution in [3.05, 3.63) is 81.9 Å². The van der Waals surface area contributed by atoms with Gasteiger partial charge in [0.25, 0.3) is 5.54 Å². The lowest BCUT2D eigenvalue weighted by molar-refractivity contribution is -0.568. The van der Waals surface area contributed by atoms with Crippen LogP contribution in [0.1, 0.15) is 25.0 Å². The molecule has 9 heteroatoms. The van der Waals surface area contributed by atoms with Crippen molar-refractivity contribution >= 4 is 6.09 Å². The van der Waals surface area contributed by atoms with Crippen LogP contribution in [0.2, 0.25) is 0 Å². The normalized spacial score (nSPS) is 20.1. The highest BCUT2D eigenvalue weighted by Gasteiger charge is 2.48. The summed E-state index contributed by atoms with van der Waals surface area (Å²) in [6.45, 7) is 8.35. The van der Waals surface area contributed by atoms with Gasteiger partial charge >= 0.3 is 6.09 Å². The number of ether oxygens (including phenoxy) is 1. The van der Waals surface area contributed by atoms with Gasteiger partial charge in [0, 0.05) is 44.2 Å². The number of cyclic esters (lactones) is 1. The predicted molar refractivity (Wildman–Crippen MR) is 133 cm³/mol. The fourth-order valence-corrected chi connectivity index (χ4v) is 4.95. The van der Waals surface area contributed by atoms with E-state index in [4.69, 9.17) is 4.74 Å². The first-order chi connectivity index (χ1) is 16.8. The number of nitrogens with one attached hydrogen (secondary N) is 1. The number of hydrogen-bond donors (Lipinski definition) is 1. The minimum Gasteiger partial charge on any atom is -0.423 e. The van der Waals surface area contributed by atoms with Gasteiger partial charge in [-0.3, -0.25) is 24.8 Å². The summed E-state index contributed by atoms with van der Waals surface area (Å²) < 4.78 is 5.14. The van der Waals surface area contributed by atoms with Gasteiger partial charge in [0.2, 0.25) is 0 Å². The second kappa shape index (κ2) is 10.7. The van der Waals surface area contributed by atoms with Crippen LogP contribution in [0.5, 0.6) is 0 Å². The summed E-state index contributed by atoms with van der Waals surface area (Å²) >= 11 is 0. The number of carbonyl (C=O) groups excluding carboxylic acids is 1. The molecule has 35 heavy (non-hydrogen) atoms. The van der Waals surface area contributed by atoms with Gasteiger partial charge in [0.05, 0.1) is 19.6 Å². The Kier molecular flexibility index (Phi) is 7.69. The van der Waals surface area contributed by atoms with Gasteiger partial charge in [0.1, 0.15) is 0 Å². The topological polar surface area (TPSA) is 91.2 Å². The second-order valence-corrected chi connectivity index (χ2v) is 10.0. The Labute approximate surface area is 206 Å². The van der Waals surface area contributed by atoms with Crippen LogP contribution in [-0.4, -0.2) is 82.8 Å². The zero-order valence-corrected chi connectivity index (χ0v) is 20.6. The third-order valence-electron chi connectivity index (χ3n) is 6.83. The molecule has 0 unspecified atom stereocenters. The van der Waals surface area contributed by atoms with Crippen LogP contribution in [0.4, 0.5) is 4.79 Å². The first kappa shape index (κ1) is 25.1. The monoisotopic (exact) mass is 481 g/mol. The Bertz CT molecular complexity index is 950. The number of nitrogens with zero attached hydrogens (tertiary/aromatic N) is 4. The van der Waals surface area contributed by atoms with Crippen molar-refractivity contribution in [2.45, 2.75) is 38.2 Å². The van der Waals surface area contributed by atoms with E-state index in [-0.39, 0.29) is 17.6 Å². The van der Waals surface area contributed by atoms with E-state index in [2.05, 4.69) is 39.4 Å². The van der Waals surface area contributed by atoms with Gasteiger partial charge in [0.15, 0.2) is 5.72 Å². The van der Waals surface area contributed by atoms with Crippen LogP contribution in [0, 0.1) is 10.1 Å². The smallest absolute Gasteiger partial charge is 0.415 e. The highest BCUT2D eigenvalue weighted by molar-refractivity contribution is 5.74. The molecule has 2 heterocycles. The van der Waals surface area contributed by atoms with Crippen LogP contribution in [0.25, 0.3) is 0 Å². The molecule has 1 N–H and O–H groups in total. The molecule has 188 valence electrons. The first-order valence-corrected chi connectivity index (χ1v) is 12.2. The van der Waals surface area contributed by atoms with Crippen LogP contribution >= 0.6 is 0 Å². The molecule has 4 rings (SSSR count). The molecule has 1 amide bonds. The van der Waals surface area contributed by atoms with E-state index in [9.17, 15) is 14.9 Å². The molecule has 2 aliphatic rings. The van der Waals surface area contributed by atoms with Crippen molar-refractivity contribution in [1.29, 1.82) is 0 Å². The van der Waals surface area contributed by atoms with E-state index >= 15 is 0 Å². The van der Waals surface area contributed by atoms with Crippen LogP contribution in [-0.2, 0) is 17.8 Å². The zero-order valence-electron chi connectivity index (χ0n) is 20.6. The van der Waals surface area contributed by atoms with E-state index in [1.54, 1.807) is 4.90 Å². The molecule has 0 aliphatic carbocycles. The molecular weight excluding hydrogens is 446 g/mol. The molecule has 2 aromatic carbocycles. The zero-order chi connectivity index (χ0) is 24.9. The third-order valence-corrected chi connectivity index (χ3v) is 6.83. The van der Waals surface area contributed by atoms with Crippen LogP contribution in [0.3, 0.4) is 0 Å². The molecule has 0 radical (unpaired) electrons. The maximum atomic E-state index is 12.6. The molecule has 2 aliphatic heterocycles. The molecule has 0 bridgehead atoms. The Hall–Kier alpha value is -3.01. The van der Waals surface area contributed by atoms with Crippen LogP contribution in [0.15, 0.2) is 60.7 Å². The van der Waals surface area contributed by atoms with E-state index < -0.39 is 11.3 Å². The molecule has 0 saturated carbocycles. The quantitative estimate of drug-likeness (QED) is 0.317. The third kappa shape index (κ3) is 6.17. The Morgan fingerprint density at radius 2 is 1.46 bits per heavy atom. The average Bonchev–Trinajstić information content (AvgIpc) is 3.00. The largest absolute Gasteiger partial charge is 0.423 e. The molecule has 2 aromatic rings. The molecule has 0 atom stereocenters. The number of hydrogen-bond acceptors (Lipinski definition) is 7. The summed E-state index contributed by atoms with van der Waals surface area (Å²) in [5, 5.41) is 15.9. The Morgan fingerprint density at radius 3 is 1.89 bits per heavy atom. The van der Waals surface area contributed by atoms with Gasteiger partial charge < -0.3 is 10.1 Å². The summed E-state index contributed by atoms with van der Waals surface area (Å²) in [7, 11) is 0. The summed E-state index contributed by atoms with van der Waals surface area (Å²) in [4.78, 5) is 30.3. The lowest BCUT2D eigenvalue weighted by Crippen LogP contribution is -2.64. The Morgan fingerprint density at radius 1 is 0.943 bits per heavy atom. The highest BCUT2D eigenvalue weighted by Crippen LogP contribution is 2.27. The van der Waals surface area contributed by atoms with E-state index in [1.807, 2.05) is 50.2 Å². The number of rotatable bonds is 10. The van der Waals surface area contributed by atoms with E-state index in [0.717, 1.165) is 24.2 Å². The number of nitro groups is 1. The van der Waals surface area contributed by atoms with E-state index in [1.165, 1.54) is 0 Å². The SMILES string of the molecule is CC1(C)OC(=O)N1CCNCC1([N+](=O)[O-])CN(Cc2ccccc2)CCN(Cc2ccccc2)C1. The van der Waals surface area contributed by atoms with Gasteiger partial charge in [-0.15, -0.1) is 0 Å². The minimum atomic E-state index is -1.18. The summed E-state index contributed by atoms with van der Waals surface area (Å²) in [5.74, 6) is 0. The standard InChI is InChI=1S/C26H35N5O4/c1-25(2)30(24(32)35-25)14-13-27-19-26(31(33)34)20-28(17-22-9-5-3-6-10-22)15-16-29(21-26)18-23-11-7-4-8-12-23/h3-12,27H,13-21H2,1-2H3. The van der Waals surface area contributed by atoms with Gasteiger partial charge in [-0.05, 0) is 25.0 Å². The van der Waals surface area contributed by atoms with Gasteiger partial charge in [-0.2, -0.15) is 0 Å². The van der Waals surface area contributed by atoms with Gasteiger partial charge in [-0.25, -0.2) is 4.79 Å². The van der Waals surface area contributed by atoms with Crippen LogP contribution < -0.4 is 5.32 Å². The predicted octanol–water partition coefficient (Wildman–Crippen LogP) is 2.80. The molecule has 0 aromatic heterocycles. The second-order valence-electron chi connectivity index (χ2n) is 10.0. The molecule has 2 saturated heterocycles. The summed E-state index contributed by atoms with van der Waals surface area (Å²) in [5.41, 5.74) is 0.492. The van der Waals surface area contributed by atoms with Crippen molar-refractivity contribution in [3.8, 4) is 0 Å². The molecule has 9 nitrogen and oxygen atoms in total. The summed E-state index contributed by atoms with van der Waals surface area (Å²) in [6.07, 6.45) is -0.349. The average molecular weight is 482 g/mol. The minimum absolute atomic E-state index is 0.108. The fourth-order valence-electron chi connectivity index (χ4n) is 4.95. The maximum Gasteiger partial charge on any atom is 0.415 e. The van der Waals surface area contributed by atoms with E-state index in [0.29, 0.717) is 39.3 Å². The van der Waals surface area contributed by atoms with Gasteiger partial charge in [-0.1, -0.05) is 60.7 Å².